The molecule has 1 aliphatic rings. The Balaban J connectivity index is 1.79. The molecule has 1 saturated heterocycles. The number of H-pyrrole nitrogens is 1. The number of imidazole rings is 1. The van der Waals surface area contributed by atoms with Gasteiger partial charge in [0.1, 0.15) is 5.82 Å². The number of nitrogens with zero attached hydrogens (tertiary/aromatic N) is 2. The van der Waals surface area contributed by atoms with E-state index in [1.165, 1.54) is 0 Å². The minimum absolute atomic E-state index is 0.0231. The van der Waals surface area contributed by atoms with Crippen molar-refractivity contribution < 1.29 is 9.59 Å². The van der Waals surface area contributed by atoms with Crippen LogP contribution in [0.15, 0.2) is 24.3 Å². The molecule has 1 aliphatic heterocycles. The average molecular weight is 314 g/mol. The van der Waals surface area contributed by atoms with E-state index in [4.69, 9.17) is 0 Å². The highest BCUT2D eigenvalue weighted by Crippen LogP contribution is 2.24. The Morgan fingerprint density at radius 1 is 1.39 bits per heavy atom. The molecule has 1 aromatic heterocycles. The van der Waals surface area contributed by atoms with Crippen LogP contribution >= 0.6 is 0 Å². The van der Waals surface area contributed by atoms with Crippen LogP contribution in [0.4, 0.5) is 0 Å². The summed E-state index contributed by atoms with van der Waals surface area (Å²) in [5.41, 5.74) is 1.84. The normalized spacial score (nSPS) is 19.6. The molecular formula is C17H22N4O2. The first-order valence-corrected chi connectivity index (χ1v) is 7.94. The first-order valence-electron chi connectivity index (χ1n) is 7.94. The van der Waals surface area contributed by atoms with Crippen molar-refractivity contribution >= 4 is 22.8 Å². The third kappa shape index (κ3) is 3.06. The zero-order valence-corrected chi connectivity index (χ0v) is 13.7. The van der Waals surface area contributed by atoms with Gasteiger partial charge in [0.25, 0.3) is 0 Å². The first-order chi connectivity index (χ1) is 11.0. The number of aromatic nitrogens is 2. The van der Waals surface area contributed by atoms with Crippen LogP contribution in [0.25, 0.3) is 11.0 Å². The topological polar surface area (TPSA) is 78.1 Å². The summed E-state index contributed by atoms with van der Waals surface area (Å²) in [5.74, 6) is 0.608. The Bertz CT molecular complexity index is 704. The molecule has 23 heavy (non-hydrogen) atoms. The summed E-state index contributed by atoms with van der Waals surface area (Å²) in [7, 11) is 1.73. The number of hydrogen-bond acceptors (Lipinski definition) is 3. The molecule has 6 heteroatoms. The van der Waals surface area contributed by atoms with Gasteiger partial charge in [-0.1, -0.05) is 26.0 Å². The molecule has 0 aliphatic carbocycles. The number of likely N-dealkylation sites (tertiary alicyclic amines) is 1. The van der Waals surface area contributed by atoms with Gasteiger partial charge in [0, 0.05) is 20.0 Å². The molecule has 2 atom stereocenters. The minimum atomic E-state index is -0.280. The number of para-hydroxylation sites is 2. The fourth-order valence-corrected chi connectivity index (χ4v) is 2.98. The Hall–Kier alpha value is -2.37. The lowest BCUT2D eigenvalue weighted by molar-refractivity contribution is -0.128. The van der Waals surface area contributed by atoms with Gasteiger partial charge in [-0.05, 0) is 18.1 Å². The number of nitrogens with one attached hydrogen (secondary N) is 2. The second-order valence-electron chi connectivity index (χ2n) is 6.54. The van der Waals surface area contributed by atoms with E-state index in [0.29, 0.717) is 6.54 Å². The molecule has 0 unspecified atom stereocenters. The van der Waals surface area contributed by atoms with Crippen molar-refractivity contribution in [2.75, 3.05) is 13.6 Å². The molecule has 122 valence electrons. The van der Waals surface area contributed by atoms with Crippen LogP contribution in [-0.2, 0) is 9.59 Å². The van der Waals surface area contributed by atoms with Crippen molar-refractivity contribution in [3.8, 4) is 0 Å². The van der Waals surface area contributed by atoms with Gasteiger partial charge in [0.2, 0.25) is 11.8 Å². The van der Waals surface area contributed by atoms with E-state index < -0.39 is 0 Å². The smallest absolute Gasteiger partial charge is 0.226 e. The third-order valence-electron chi connectivity index (χ3n) is 4.38. The molecule has 1 aromatic carbocycles. The average Bonchev–Trinajstić information content (AvgIpc) is 3.08. The largest absolute Gasteiger partial charge is 0.346 e. The van der Waals surface area contributed by atoms with E-state index in [9.17, 15) is 9.59 Å². The predicted molar refractivity (Wildman–Crippen MR) is 87.6 cm³/mol. The van der Waals surface area contributed by atoms with Gasteiger partial charge in [0.05, 0.1) is 23.0 Å². The molecule has 6 nitrogen and oxygen atoms in total. The Morgan fingerprint density at radius 2 is 2.13 bits per heavy atom. The van der Waals surface area contributed by atoms with E-state index in [-0.39, 0.29) is 36.1 Å². The molecule has 1 fully saturated rings. The fourth-order valence-electron chi connectivity index (χ4n) is 2.98. The van der Waals surface area contributed by atoms with Crippen molar-refractivity contribution in [3.63, 3.8) is 0 Å². The van der Waals surface area contributed by atoms with Crippen LogP contribution in [0.2, 0.25) is 0 Å². The molecule has 0 bridgehead atoms. The van der Waals surface area contributed by atoms with Crippen LogP contribution in [0.3, 0.4) is 0 Å². The van der Waals surface area contributed by atoms with Crippen molar-refractivity contribution in [1.82, 2.24) is 20.2 Å². The van der Waals surface area contributed by atoms with E-state index in [2.05, 4.69) is 15.3 Å². The summed E-state index contributed by atoms with van der Waals surface area (Å²) in [6.07, 6.45) is 0.285. The lowest BCUT2D eigenvalue weighted by Gasteiger charge is -2.22. The highest BCUT2D eigenvalue weighted by Gasteiger charge is 2.34. The molecule has 2 N–H and O–H groups in total. The van der Waals surface area contributed by atoms with Gasteiger partial charge in [0.15, 0.2) is 0 Å². The SMILES string of the molecule is CC(C)[C@@H](NC(=O)[C@H]1CC(=O)N(C)C1)c1nc2ccccc2[nH]1. The summed E-state index contributed by atoms with van der Waals surface area (Å²) < 4.78 is 0. The number of carbonyl (C=O) groups excluding carboxylic acids is 2. The molecule has 0 spiro atoms. The highest BCUT2D eigenvalue weighted by molar-refractivity contribution is 5.89. The number of benzene rings is 1. The molecule has 2 amide bonds. The van der Waals surface area contributed by atoms with Gasteiger partial charge in [-0.3, -0.25) is 9.59 Å². The number of amides is 2. The standard InChI is InChI=1S/C17H22N4O2/c1-10(2)15(16-18-12-6-4-5-7-13(12)19-16)20-17(23)11-8-14(22)21(3)9-11/h4-7,10-11,15H,8-9H2,1-3H3,(H,18,19)(H,20,23)/t11-,15+/m0/s1. The second-order valence-corrected chi connectivity index (χ2v) is 6.54. The van der Waals surface area contributed by atoms with Crippen molar-refractivity contribution in [1.29, 1.82) is 0 Å². The fraction of sp³-hybridized carbons (Fsp3) is 0.471. The molecule has 2 heterocycles. The lowest BCUT2D eigenvalue weighted by atomic mass is 10.0. The minimum Gasteiger partial charge on any atom is -0.346 e. The van der Waals surface area contributed by atoms with E-state index in [1.54, 1.807) is 11.9 Å². The maximum Gasteiger partial charge on any atom is 0.226 e. The molecule has 0 radical (unpaired) electrons. The quantitative estimate of drug-likeness (QED) is 0.904. The van der Waals surface area contributed by atoms with Crippen molar-refractivity contribution in [2.24, 2.45) is 11.8 Å². The van der Waals surface area contributed by atoms with Gasteiger partial charge >= 0.3 is 0 Å². The summed E-state index contributed by atoms with van der Waals surface area (Å²) in [6.45, 7) is 4.57. The monoisotopic (exact) mass is 314 g/mol. The number of aromatic amines is 1. The predicted octanol–water partition coefficient (Wildman–Crippen LogP) is 1.85. The highest BCUT2D eigenvalue weighted by atomic mass is 16.2. The van der Waals surface area contributed by atoms with Gasteiger partial charge in [-0.2, -0.15) is 0 Å². The number of carbonyl (C=O) groups is 2. The first kappa shape index (κ1) is 15.5. The van der Waals surface area contributed by atoms with E-state index in [1.807, 2.05) is 38.1 Å². The summed E-state index contributed by atoms with van der Waals surface area (Å²) in [6, 6.07) is 7.61. The molecular weight excluding hydrogens is 292 g/mol. The van der Waals surface area contributed by atoms with Gasteiger partial charge in [-0.25, -0.2) is 4.98 Å². The maximum absolute atomic E-state index is 12.5. The number of hydrogen-bond donors (Lipinski definition) is 2. The number of fused-ring (bicyclic) bond motifs is 1. The second kappa shape index (κ2) is 6.02. The van der Waals surface area contributed by atoms with Crippen LogP contribution < -0.4 is 5.32 Å². The van der Waals surface area contributed by atoms with Gasteiger partial charge < -0.3 is 15.2 Å². The Kier molecular flexibility index (Phi) is 4.07. The van der Waals surface area contributed by atoms with Crippen LogP contribution in [0, 0.1) is 11.8 Å². The summed E-state index contributed by atoms with van der Waals surface area (Å²) in [4.78, 5) is 33.6. The van der Waals surface area contributed by atoms with E-state index >= 15 is 0 Å². The zero-order valence-electron chi connectivity index (χ0n) is 13.7. The lowest BCUT2D eigenvalue weighted by Crippen LogP contribution is -2.37. The Labute approximate surface area is 135 Å². The van der Waals surface area contributed by atoms with Crippen molar-refractivity contribution in [2.45, 2.75) is 26.3 Å². The third-order valence-corrected chi connectivity index (χ3v) is 4.38. The van der Waals surface area contributed by atoms with Crippen LogP contribution in [0.1, 0.15) is 32.1 Å². The zero-order chi connectivity index (χ0) is 16.6. The van der Waals surface area contributed by atoms with E-state index in [0.717, 1.165) is 16.9 Å². The Morgan fingerprint density at radius 3 is 2.74 bits per heavy atom. The molecule has 2 aromatic rings. The summed E-state index contributed by atoms with van der Waals surface area (Å²) in [5, 5.41) is 3.07. The van der Waals surface area contributed by atoms with Crippen LogP contribution in [0.5, 0.6) is 0 Å². The molecule has 0 saturated carbocycles. The molecule has 3 rings (SSSR count). The summed E-state index contributed by atoms with van der Waals surface area (Å²) >= 11 is 0. The number of rotatable bonds is 4. The van der Waals surface area contributed by atoms with Gasteiger partial charge in [-0.15, -0.1) is 0 Å². The van der Waals surface area contributed by atoms with Crippen molar-refractivity contribution in [3.05, 3.63) is 30.1 Å². The van der Waals surface area contributed by atoms with Crippen LogP contribution in [-0.4, -0.2) is 40.3 Å². The maximum atomic E-state index is 12.5.